The smallest absolute Gasteiger partial charge is 0.147 e. The van der Waals surface area contributed by atoms with Crippen molar-refractivity contribution < 1.29 is 4.74 Å². The van der Waals surface area contributed by atoms with Gasteiger partial charge in [-0.15, -0.1) is 0 Å². The molecule has 1 aliphatic carbocycles. The van der Waals surface area contributed by atoms with Gasteiger partial charge in [-0.05, 0) is 44.0 Å². The second-order valence-corrected chi connectivity index (χ2v) is 4.09. The Bertz CT molecular complexity index is 295. The first-order chi connectivity index (χ1) is 6.74. The van der Waals surface area contributed by atoms with Crippen LogP contribution in [0.5, 0.6) is 5.75 Å². The van der Waals surface area contributed by atoms with Gasteiger partial charge in [-0.25, -0.2) is 0 Å². The van der Waals surface area contributed by atoms with Gasteiger partial charge in [0.2, 0.25) is 0 Å². The third kappa shape index (κ3) is 2.89. The molecule has 0 saturated heterocycles. The lowest BCUT2D eigenvalue weighted by atomic mass is 10.3. The van der Waals surface area contributed by atoms with Crippen LogP contribution in [0.25, 0.3) is 0 Å². The highest BCUT2D eigenvalue weighted by Gasteiger charge is 2.23. The van der Waals surface area contributed by atoms with Crippen molar-refractivity contribution in [3.05, 3.63) is 29.3 Å². The molecule has 3 heteroatoms. The fraction of sp³-hybridized carbons (Fsp3) is 0.455. The maximum atomic E-state index is 5.77. The third-order valence-corrected chi connectivity index (χ3v) is 2.43. The van der Waals surface area contributed by atoms with Crippen molar-refractivity contribution in [2.45, 2.75) is 32.0 Å². The van der Waals surface area contributed by atoms with Gasteiger partial charge in [0, 0.05) is 11.1 Å². The Labute approximate surface area is 89.2 Å². The third-order valence-electron chi connectivity index (χ3n) is 2.17. The molecule has 0 heterocycles. The summed E-state index contributed by atoms with van der Waals surface area (Å²) in [5, 5.41) is 4.10. The van der Waals surface area contributed by atoms with Crippen molar-refractivity contribution in [3.8, 4) is 5.75 Å². The van der Waals surface area contributed by atoms with Gasteiger partial charge in [0.15, 0.2) is 0 Å². The van der Waals surface area contributed by atoms with Crippen molar-refractivity contribution in [2.75, 3.05) is 0 Å². The number of rotatable bonds is 4. The average Bonchev–Trinajstić information content (AvgIpc) is 2.93. The first-order valence-electron chi connectivity index (χ1n) is 4.92. The van der Waals surface area contributed by atoms with Gasteiger partial charge in [-0.3, -0.25) is 5.32 Å². The van der Waals surface area contributed by atoms with Crippen LogP contribution in [0.3, 0.4) is 0 Å². The Hall–Kier alpha value is -0.730. The van der Waals surface area contributed by atoms with Crippen LogP contribution in [-0.2, 0) is 0 Å². The van der Waals surface area contributed by atoms with Crippen LogP contribution < -0.4 is 10.1 Å². The molecule has 1 saturated carbocycles. The van der Waals surface area contributed by atoms with E-state index in [1.807, 2.05) is 31.2 Å². The summed E-state index contributed by atoms with van der Waals surface area (Å²) in [6.45, 7) is 2.02. The average molecular weight is 212 g/mol. The number of hydrogen-bond acceptors (Lipinski definition) is 2. The lowest BCUT2D eigenvalue weighted by Crippen LogP contribution is -2.33. The van der Waals surface area contributed by atoms with Crippen LogP contribution in [0.4, 0.5) is 0 Å². The van der Waals surface area contributed by atoms with E-state index in [0.29, 0.717) is 6.04 Å². The van der Waals surface area contributed by atoms with Gasteiger partial charge in [0.1, 0.15) is 12.0 Å². The van der Waals surface area contributed by atoms with Crippen LogP contribution in [0, 0.1) is 0 Å². The SMILES string of the molecule is CC(NC1CC1)Oc1ccc(Cl)cc1. The molecular weight excluding hydrogens is 198 g/mol. The van der Waals surface area contributed by atoms with E-state index >= 15 is 0 Å². The van der Waals surface area contributed by atoms with Crippen LogP contribution >= 0.6 is 11.6 Å². The van der Waals surface area contributed by atoms with E-state index in [9.17, 15) is 0 Å². The Morgan fingerprint density at radius 1 is 1.36 bits per heavy atom. The first kappa shape index (κ1) is 9.81. The quantitative estimate of drug-likeness (QED) is 0.774. The highest BCUT2D eigenvalue weighted by atomic mass is 35.5. The second-order valence-electron chi connectivity index (χ2n) is 3.65. The van der Waals surface area contributed by atoms with E-state index in [1.165, 1.54) is 12.8 Å². The van der Waals surface area contributed by atoms with Crippen LogP contribution in [0.2, 0.25) is 5.02 Å². The maximum absolute atomic E-state index is 5.77. The predicted octanol–water partition coefficient (Wildman–Crippen LogP) is 2.82. The monoisotopic (exact) mass is 211 g/mol. The lowest BCUT2D eigenvalue weighted by molar-refractivity contribution is 0.181. The fourth-order valence-electron chi connectivity index (χ4n) is 1.33. The molecule has 0 bridgehead atoms. The highest BCUT2D eigenvalue weighted by molar-refractivity contribution is 6.30. The molecule has 1 fully saturated rings. The van der Waals surface area contributed by atoms with E-state index < -0.39 is 0 Å². The summed E-state index contributed by atoms with van der Waals surface area (Å²) in [5.74, 6) is 0.857. The van der Waals surface area contributed by atoms with Gasteiger partial charge < -0.3 is 4.74 Å². The van der Waals surface area contributed by atoms with E-state index in [4.69, 9.17) is 16.3 Å². The molecule has 0 amide bonds. The minimum Gasteiger partial charge on any atom is -0.476 e. The molecule has 1 atom stereocenters. The Morgan fingerprint density at radius 3 is 2.57 bits per heavy atom. The van der Waals surface area contributed by atoms with Crippen molar-refractivity contribution in [2.24, 2.45) is 0 Å². The molecule has 1 aliphatic rings. The first-order valence-corrected chi connectivity index (χ1v) is 5.30. The van der Waals surface area contributed by atoms with Gasteiger partial charge in [-0.2, -0.15) is 0 Å². The molecule has 2 rings (SSSR count). The zero-order valence-electron chi connectivity index (χ0n) is 8.16. The van der Waals surface area contributed by atoms with Gasteiger partial charge in [-0.1, -0.05) is 11.6 Å². The van der Waals surface area contributed by atoms with Gasteiger partial charge in [0.25, 0.3) is 0 Å². The molecule has 1 aromatic rings. The van der Waals surface area contributed by atoms with Crippen molar-refractivity contribution in [1.29, 1.82) is 0 Å². The lowest BCUT2D eigenvalue weighted by Gasteiger charge is -2.15. The fourth-order valence-corrected chi connectivity index (χ4v) is 1.46. The van der Waals surface area contributed by atoms with Crippen molar-refractivity contribution in [1.82, 2.24) is 5.32 Å². The Kier molecular flexibility index (Phi) is 2.94. The molecule has 0 spiro atoms. The minimum absolute atomic E-state index is 0.0728. The summed E-state index contributed by atoms with van der Waals surface area (Å²) in [6, 6.07) is 8.10. The molecule has 1 unspecified atom stereocenters. The molecule has 0 aromatic heterocycles. The summed E-state index contributed by atoms with van der Waals surface area (Å²) in [4.78, 5) is 0. The number of nitrogens with one attached hydrogen (secondary N) is 1. The molecule has 0 radical (unpaired) electrons. The molecule has 1 aromatic carbocycles. The standard InChI is InChI=1S/C11H14ClNO/c1-8(13-10-4-5-10)14-11-6-2-9(12)3-7-11/h2-3,6-8,10,13H,4-5H2,1H3. The Morgan fingerprint density at radius 2 is 2.00 bits per heavy atom. The van der Waals surface area contributed by atoms with Crippen LogP contribution in [0.1, 0.15) is 19.8 Å². The number of ether oxygens (including phenoxy) is 1. The molecule has 76 valence electrons. The van der Waals surface area contributed by atoms with E-state index in [2.05, 4.69) is 5.32 Å². The summed E-state index contributed by atoms with van der Waals surface area (Å²) in [7, 11) is 0. The molecule has 1 N–H and O–H groups in total. The van der Waals surface area contributed by atoms with E-state index in [0.717, 1.165) is 10.8 Å². The number of halogens is 1. The Balaban J connectivity index is 1.85. The summed E-state index contributed by atoms with van der Waals surface area (Å²) >= 11 is 5.77. The minimum atomic E-state index is 0.0728. The second kappa shape index (κ2) is 4.20. The van der Waals surface area contributed by atoms with Gasteiger partial charge in [0.05, 0.1) is 0 Å². The number of benzene rings is 1. The van der Waals surface area contributed by atoms with Crippen LogP contribution in [0.15, 0.2) is 24.3 Å². The van der Waals surface area contributed by atoms with Crippen molar-refractivity contribution in [3.63, 3.8) is 0 Å². The highest BCUT2D eigenvalue weighted by Crippen LogP contribution is 2.21. The zero-order chi connectivity index (χ0) is 9.97. The topological polar surface area (TPSA) is 21.3 Å². The maximum Gasteiger partial charge on any atom is 0.147 e. The number of hydrogen-bond donors (Lipinski definition) is 1. The molecule has 2 nitrogen and oxygen atoms in total. The summed E-state index contributed by atoms with van der Waals surface area (Å²) in [5.41, 5.74) is 0. The largest absolute Gasteiger partial charge is 0.476 e. The summed E-state index contributed by atoms with van der Waals surface area (Å²) < 4.78 is 5.65. The molecule has 14 heavy (non-hydrogen) atoms. The van der Waals surface area contributed by atoms with Crippen molar-refractivity contribution >= 4 is 11.6 Å². The van der Waals surface area contributed by atoms with Gasteiger partial charge >= 0.3 is 0 Å². The molecule has 0 aliphatic heterocycles. The zero-order valence-corrected chi connectivity index (χ0v) is 8.92. The predicted molar refractivity (Wildman–Crippen MR) is 57.7 cm³/mol. The summed E-state index contributed by atoms with van der Waals surface area (Å²) in [6.07, 6.45) is 2.62. The molecular formula is C11H14ClNO. The normalized spacial score (nSPS) is 17.9. The van der Waals surface area contributed by atoms with E-state index in [-0.39, 0.29) is 6.23 Å². The van der Waals surface area contributed by atoms with Crippen LogP contribution in [-0.4, -0.2) is 12.3 Å². The van der Waals surface area contributed by atoms with E-state index in [1.54, 1.807) is 0 Å².